The van der Waals surface area contributed by atoms with E-state index in [0.717, 1.165) is 13.2 Å². The van der Waals surface area contributed by atoms with Crippen LogP contribution in [0.15, 0.2) is 28.7 Å². The number of carbonyl (C=O) groups is 1. The van der Waals surface area contributed by atoms with Gasteiger partial charge in [0.25, 0.3) is 0 Å². The maximum atomic E-state index is 14.6. The Morgan fingerprint density at radius 2 is 1.50 bits per heavy atom. The summed E-state index contributed by atoms with van der Waals surface area (Å²) in [4.78, 5) is 12.5. The topological polar surface area (TPSA) is 54.0 Å². The Bertz CT molecular complexity index is 954. The van der Waals surface area contributed by atoms with Crippen molar-refractivity contribution in [3.8, 4) is 23.0 Å². The molecule has 0 amide bonds. The van der Waals surface area contributed by atoms with Crippen molar-refractivity contribution in [1.82, 2.24) is 0 Å². The quantitative estimate of drug-likeness (QED) is 0.353. The van der Waals surface area contributed by atoms with Crippen molar-refractivity contribution in [3.05, 3.63) is 45.9 Å². The molecule has 0 atom stereocenters. The van der Waals surface area contributed by atoms with Crippen LogP contribution in [0.4, 0.5) is 22.0 Å². The van der Waals surface area contributed by atoms with E-state index < -0.39 is 52.4 Å². The molecular weight excluding hydrogens is 483 g/mol. The maximum absolute atomic E-state index is 14.6. The van der Waals surface area contributed by atoms with Crippen molar-refractivity contribution >= 4 is 21.9 Å². The zero-order chi connectivity index (χ0) is 22.9. The molecular formula is C19H16BrF5O5. The van der Waals surface area contributed by atoms with Crippen LogP contribution in [0.1, 0.15) is 31.1 Å². The van der Waals surface area contributed by atoms with Crippen molar-refractivity contribution in [2.45, 2.75) is 32.7 Å². The molecule has 0 heterocycles. The first kappa shape index (κ1) is 23.7. The average molecular weight is 499 g/mol. The molecule has 2 aromatic rings. The summed E-state index contributed by atoms with van der Waals surface area (Å²) in [7, 11) is 0.986. The molecule has 2 aromatic carbocycles. The number of alkyl halides is 3. The minimum absolute atomic E-state index is 0.0669. The van der Waals surface area contributed by atoms with Gasteiger partial charge >= 0.3 is 12.3 Å². The van der Waals surface area contributed by atoms with Gasteiger partial charge in [-0.05, 0) is 61.0 Å². The third kappa shape index (κ3) is 5.74. The van der Waals surface area contributed by atoms with Crippen LogP contribution in [0, 0.1) is 11.6 Å². The van der Waals surface area contributed by atoms with Crippen molar-refractivity contribution in [2.75, 3.05) is 7.11 Å². The fraction of sp³-hybridized carbons (Fsp3) is 0.316. The van der Waals surface area contributed by atoms with Gasteiger partial charge in [0, 0.05) is 0 Å². The van der Waals surface area contributed by atoms with Crippen LogP contribution in [0.2, 0.25) is 0 Å². The van der Waals surface area contributed by atoms with E-state index in [1.165, 1.54) is 12.1 Å². The molecule has 0 spiro atoms. The van der Waals surface area contributed by atoms with Gasteiger partial charge in [-0.2, -0.15) is 4.39 Å². The molecule has 0 saturated carbocycles. The first-order valence-electron chi connectivity index (χ1n) is 8.25. The number of benzene rings is 2. The van der Waals surface area contributed by atoms with Crippen LogP contribution in [0.5, 0.6) is 23.0 Å². The van der Waals surface area contributed by atoms with Crippen molar-refractivity contribution in [2.24, 2.45) is 0 Å². The number of rotatable bonds is 5. The average Bonchev–Trinajstić information content (AvgIpc) is 2.58. The predicted molar refractivity (Wildman–Crippen MR) is 99.0 cm³/mol. The van der Waals surface area contributed by atoms with Crippen LogP contribution < -0.4 is 14.2 Å². The molecule has 0 radical (unpaired) electrons. The van der Waals surface area contributed by atoms with Crippen molar-refractivity contribution in [3.63, 3.8) is 0 Å². The van der Waals surface area contributed by atoms with Gasteiger partial charge in [-0.25, -0.2) is 9.18 Å². The number of methoxy groups -OCH3 is 1. The number of ether oxygens (including phenoxy) is 4. The van der Waals surface area contributed by atoms with E-state index in [0.29, 0.717) is 6.07 Å². The Kier molecular flexibility index (Phi) is 6.85. The molecule has 0 aliphatic carbocycles. The van der Waals surface area contributed by atoms with E-state index in [1.54, 1.807) is 20.8 Å². The van der Waals surface area contributed by atoms with E-state index in [9.17, 15) is 26.7 Å². The van der Waals surface area contributed by atoms with E-state index in [2.05, 4.69) is 20.7 Å². The summed E-state index contributed by atoms with van der Waals surface area (Å²) in [6, 6.07) is 4.00. The Hall–Kier alpha value is -2.56. The molecule has 30 heavy (non-hydrogen) atoms. The van der Waals surface area contributed by atoms with Crippen LogP contribution in [-0.2, 0) is 4.74 Å². The third-order valence-electron chi connectivity index (χ3n) is 3.33. The lowest BCUT2D eigenvalue weighted by Gasteiger charge is -2.21. The van der Waals surface area contributed by atoms with Gasteiger partial charge in [-0.15, -0.1) is 13.2 Å². The molecule has 5 nitrogen and oxygen atoms in total. The summed E-state index contributed by atoms with van der Waals surface area (Å²) >= 11 is 2.94. The fourth-order valence-corrected chi connectivity index (χ4v) is 2.58. The fourth-order valence-electron chi connectivity index (χ4n) is 2.25. The molecule has 0 N–H and O–H groups in total. The molecule has 0 bridgehead atoms. The number of carbonyl (C=O) groups excluding carboxylic acids is 1. The third-order valence-corrected chi connectivity index (χ3v) is 3.95. The molecule has 0 aromatic heterocycles. The minimum Gasteiger partial charge on any atom is -0.490 e. The highest BCUT2D eigenvalue weighted by molar-refractivity contribution is 9.10. The Morgan fingerprint density at radius 3 is 2.03 bits per heavy atom. The predicted octanol–water partition coefficient (Wildman–Crippen LogP) is 6.38. The highest BCUT2D eigenvalue weighted by Gasteiger charge is 2.34. The molecule has 0 aliphatic heterocycles. The largest absolute Gasteiger partial charge is 0.573 e. The summed E-state index contributed by atoms with van der Waals surface area (Å²) in [6.45, 7) is 4.71. The number of halogens is 6. The van der Waals surface area contributed by atoms with Gasteiger partial charge < -0.3 is 18.9 Å². The number of esters is 1. The number of hydrogen-bond donors (Lipinski definition) is 0. The smallest absolute Gasteiger partial charge is 0.490 e. The minimum atomic E-state index is -5.13. The first-order chi connectivity index (χ1) is 13.7. The molecule has 164 valence electrons. The summed E-state index contributed by atoms with van der Waals surface area (Å²) < 4.78 is 85.1. The van der Waals surface area contributed by atoms with E-state index in [-0.39, 0.29) is 10.2 Å². The zero-order valence-corrected chi connectivity index (χ0v) is 17.7. The lowest BCUT2D eigenvalue weighted by molar-refractivity contribution is -0.275. The van der Waals surface area contributed by atoms with Gasteiger partial charge in [0.2, 0.25) is 11.6 Å². The SMILES string of the molecule is COc1c(Oc2ccc(Br)c(F)c2C(=O)OC(C)(C)C)ccc(OC(F)(F)F)c1F. The summed E-state index contributed by atoms with van der Waals surface area (Å²) in [5.41, 5.74) is -1.55. The van der Waals surface area contributed by atoms with E-state index in [1.807, 2.05) is 0 Å². The molecule has 0 aliphatic rings. The van der Waals surface area contributed by atoms with E-state index >= 15 is 0 Å². The Morgan fingerprint density at radius 1 is 0.933 bits per heavy atom. The molecule has 2 rings (SSSR count). The van der Waals surface area contributed by atoms with Gasteiger partial charge in [0.05, 0.1) is 11.6 Å². The van der Waals surface area contributed by atoms with Gasteiger partial charge in [0.1, 0.15) is 16.9 Å². The van der Waals surface area contributed by atoms with Crippen LogP contribution >= 0.6 is 15.9 Å². The Balaban J connectivity index is 2.51. The van der Waals surface area contributed by atoms with Gasteiger partial charge in [-0.3, -0.25) is 0 Å². The van der Waals surface area contributed by atoms with Crippen molar-refractivity contribution < 1.29 is 45.7 Å². The summed E-state index contributed by atoms with van der Waals surface area (Å²) in [6.07, 6.45) is -5.13. The van der Waals surface area contributed by atoms with Crippen LogP contribution in [0.25, 0.3) is 0 Å². The molecule has 11 heteroatoms. The number of hydrogen-bond acceptors (Lipinski definition) is 5. The van der Waals surface area contributed by atoms with Crippen LogP contribution in [-0.4, -0.2) is 25.0 Å². The lowest BCUT2D eigenvalue weighted by atomic mass is 10.1. The van der Waals surface area contributed by atoms with E-state index in [4.69, 9.17) is 14.2 Å². The lowest BCUT2D eigenvalue weighted by Crippen LogP contribution is -2.25. The van der Waals surface area contributed by atoms with Gasteiger partial charge in [0.15, 0.2) is 17.3 Å². The highest BCUT2D eigenvalue weighted by atomic mass is 79.9. The zero-order valence-electron chi connectivity index (χ0n) is 16.1. The summed E-state index contributed by atoms with van der Waals surface area (Å²) in [5, 5.41) is 0. The van der Waals surface area contributed by atoms with Gasteiger partial charge in [-0.1, -0.05) is 0 Å². The second-order valence-electron chi connectivity index (χ2n) is 6.80. The molecule has 0 unspecified atom stereocenters. The van der Waals surface area contributed by atoms with Crippen molar-refractivity contribution in [1.29, 1.82) is 0 Å². The Labute approximate surface area is 176 Å². The summed E-state index contributed by atoms with van der Waals surface area (Å²) in [5.74, 6) is -6.24. The maximum Gasteiger partial charge on any atom is 0.573 e. The van der Waals surface area contributed by atoms with Crippen LogP contribution in [0.3, 0.4) is 0 Å². The first-order valence-corrected chi connectivity index (χ1v) is 9.04. The monoisotopic (exact) mass is 498 g/mol. The normalized spacial score (nSPS) is 11.8. The second-order valence-corrected chi connectivity index (χ2v) is 7.65. The molecule has 0 fully saturated rings. The second kappa shape index (κ2) is 8.66. The highest BCUT2D eigenvalue weighted by Crippen LogP contribution is 2.41. The standard InChI is InChI=1S/C19H16BrF5O5/c1-18(2,3)30-17(26)13-10(6-5-9(20)14(13)21)28-12-8-7-11(29-19(23,24)25)15(22)16(12)27-4/h5-8H,1-4H3. The molecule has 0 saturated heterocycles.